The van der Waals surface area contributed by atoms with Crippen molar-refractivity contribution in [1.82, 2.24) is 0 Å². The van der Waals surface area contributed by atoms with Crippen LogP contribution in [0.5, 0.6) is 5.75 Å². The van der Waals surface area contributed by atoms with Crippen molar-refractivity contribution >= 4 is 24.3 Å². The quantitative estimate of drug-likeness (QED) is 0.652. The molecule has 0 spiro atoms. The number of thioether (sulfide) groups is 1. The predicted octanol–water partition coefficient (Wildman–Crippen LogP) is 1.81. The molecule has 0 fully saturated rings. The Morgan fingerprint density at radius 1 is 1.20 bits per heavy atom. The minimum Gasteiger partial charge on any atom is -0.496 e. The molecule has 0 atom stereocenters. The van der Waals surface area contributed by atoms with E-state index in [2.05, 4.69) is 0 Å². The van der Waals surface area contributed by atoms with E-state index in [0.717, 1.165) is 16.7 Å². The largest absolute Gasteiger partial charge is 0.496 e. The predicted molar refractivity (Wildman–Crippen MR) is 78.8 cm³/mol. The molecule has 0 unspecified atom stereocenters. The van der Waals surface area contributed by atoms with E-state index < -0.39 is 12.9 Å². The van der Waals surface area contributed by atoms with E-state index in [-0.39, 0.29) is 5.46 Å². The molecule has 104 valence electrons. The van der Waals surface area contributed by atoms with Crippen LogP contribution in [-0.2, 0) is 5.75 Å². The Kier molecular flexibility index (Phi) is 5.06. The fraction of sp³-hybridized carbons (Fsp3) is 0.143. The van der Waals surface area contributed by atoms with Gasteiger partial charge >= 0.3 is 7.12 Å². The lowest BCUT2D eigenvalue weighted by Crippen LogP contribution is -2.33. The third-order valence-corrected chi connectivity index (χ3v) is 3.94. The Hall–Kier alpha value is -1.50. The van der Waals surface area contributed by atoms with Gasteiger partial charge in [-0.15, -0.1) is 11.8 Å². The maximum Gasteiger partial charge on any atom is 0.488 e. The molecule has 0 amide bonds. The van der Waals surface area contributed by atoms with Crippen molar-refractivity contribution in [3.63, 3.8) is 0 Å². The zero-order chi connectivity index (χ0) is 14.5. The highest BCUT2D eigenvalue weighted by Gasteiger charge is 2.17. The van der Waals surface area contributed by atoms with Crippen LogP contribution in [0.2, 0.25) is 0 Å². The molecule has 0 aromatic heterocycles. The molecule has 0 saturated heterocycles. The average molecular weight is 292 g/mol. The molecule has 0 bridgehead atoms. The summed E-state index contributed by atoms with van der Waals surface area (Å²) in [5.74, 6) is 0.762. The van der Waals surface area contributed by atoms with Crippen molar-refractivity contribution in [2.75, 3.05) is 7.11 Å². The van der Waals surface area contributed by atoms with Gasteiger partial charge in [-0.3, -0.25) is 0 Å². The molecule has 0 aliphatic carbocycles. The first-order valence-corrected chi connectivity index (χ1v) is 7.00. The fourth-order valence-electron chi connectivity index (χ4n) is 1.83. The number of halogens is 1. The molecule has 0 radical (unpaired) electrons. The van der Waals surface area contributed by atoms with Gasteiger partial charge in [-0.25, -0.2) is 4.39 Å². The highest BCUT2D eigenvalue weighted by Crippen LogP contribution is 2.30. The zero-order valence-electron chi connectivity index (χ0n) is 10.9. The van der Waals surface area contributed by atoms with Gasteiger partial charge in [0.2, 0.25) is 0 Å². The fourth-order valence-corrected chi connectivity index (χ4v) is 2.87. The number of hydrogen-bond donors (Lipinski definition) is 2. The van der Waals surface area contributed by atoms with Crippen molar-refractivity contribution in [2.45, 2.75) is 10.6 Å². The number of hydrogen-bond acceptors (Lipinski definition) is 4. The Balaban J connectivity index is 2.19. The van der Waals surface area contributed by atoms with Crippen LogP contribution in [0, 0.1) is 5.82 Å². The normalized spacial score (nSPS) is 10.4. The molecule has 2 N–H and O–H groups in total. The first kappa shape index (κ1) is 14.9. The Labute approximate surface area is 121 Å². The topological polar surface area (TPSA) is 49.7 Å². The second kappa shape index (κ2) is 6.79. The van der Waals surface area contributed by atoms with Gasteiger partial charge in [-0.2, -0.15) is 0 Å². The van der Waals surface area contributed by atoms with Crippen molar-refractivity contribution < 1.29 is 19.2 Å². The first-order chi connectivity index (χ1) is 9.61. The van der Waals surface area contributed by atoms with E-state index >= 15 is 0 Å². The van der Waals surface area contributed by atoms with Gasteiger partial charge in [0, 0.05) is 10.6 Å². The van der Waals surface area contributed by atoms with Crippen LogP contribution in [-0.4, -0.2) is 24.3 Å². The summed E-state index contributed by atoms with van der Waals surface area (Å²) in [6.45, 7) is 0. The van der Waals surface area contributed by atoms with Crippen LogP contribution >= 0.6 is 11.8 Å². The number of ether oxygens (including phenoxy) is 1. The minimum atomic E-state index is -1.68. The summed E-state index contributed by atoms with van der Waals surface area (Å²) in [6, 6.07) is 11.6. The Morgan fingerprint density at radius 3 is 2.65 bits per heavy atom. The zero-order valence-corrected chi connectivity index (χ0v) is 11.7. The number of para-hydroxylation sites is 1. The minimum absolute atomic E-state index is 0.187. The molecule has 0 aliphatic rings. The maximum atomic E-state index is 13.1. The molecule has 20 heavy (non-hydrogen) atoms. The van der Waals surface area contributed by atoms with Crippen molar-refractivity contribution in [2.24, 2.45) is 0 Å². The molecule has 2 aromatic carbocycles. The smallest absolute Gasteiger partial charge is 0.488 e. The Bertz CT molecular complexity index is 592. The second-order valence-corrected chi connectivity index (χ2v) is 5.17. The van der Waals surface area contributed by atoms with Gasteiger partial charge in [0.1, 0.15) is 11.6 Å². The van der Waals surface area contributed by atoms with E-state index in [1.165, 1.54) is 17.8 Å². The lowest BCUT2D eigenvalue weighted by atomic mass is 9.77. The summed E-state index contributed by atoms with van der Waals surface area (Å²) in [6.07, 6.45) is 0. The van der Waals surface area contributed by atoms with E-state index in [1.54, 1.807) is 13.2 Å². The molecular formula is C14H14BFO3S. The summed E-state index contributed by atoms with van der Waals surface area (Å²) < 4.78 is 18.4. The lowest BCUT2D eigenvalue weighted by molar-refractivity contribution is 0.405. The average Bonchev–Trinajstić information content (AvgIpc) is 2.46. The van der Waals surface area contributed by atoms with Crippen LogP contribution in [0.15, 0.2) is 47.4 Å². The number of rotatable bonds is 5. The van der Waals surface area contributed by atoms with E-state index in [1.807, 2.05) is 24.3 Å². The maximum absolute atomic E-state index is 13.1. The van der Waals surface area contributed by atoms with E-state index in [9.17, 15) is 14.4 Å². The van der Waals surface area contributed by atoms with Gasteiger partial charge in [-0.05, 0) is 35.3 Å². The highest BCUT2D eigenvalue weighted by molar-refractivity contribution is 7.98. The molecule has 0 heterocycles. The summed E-state index contributed by atoms with van der Waals surface area (Å²) in [5.41, 5.74) is 0.865. The monoisotopic (exact) mass is 292 g/mol. The lowest BCUT2D eigenvalue weighted by Gasteiger charge is -2.11. The van der Waals surface area contributed by atoms with Crippen LogP contribution in [0.3, 0.4) is 0 Å². The SMILES string of the molecule is COc1ccccc1SCc1ccc(F)cc1B(O)O. The van der Waals surface area contributed by atoms with Crippen molar-refractivity contribution in [3.8, 4) is 5.75 Å². The molecule has 6 heteroatoms. The molecular weight excluding hydrogens is 278 g/mol. The molecule has 0 saturated carbocycles. The number of methoxy groups -OCH3 is 1. The van der Waals surface area contributed by atoms with Crippen LogP contribution in [0.1, 0.15) is 5.56 Å². The molecule has 3 nitrogen and oxygen atoms in total. The van der Waals surface area contributed by atoms with Gasteiger partial charge in [0.25, 0.3) is 0 Å². The van der Waals surface area contributed by atoms with Gasteiger partial charge in [0.05, 0.1) is 7.11 Å². The van der Waals surface area contributed by atoms with E-state index in [0.29, 0.717) is 11.3 Å². The molecule has 2 rings (SSSR count). The third-order valence-electron chi connectivity index (χ3n) is 2.84. The number of benzene rings is 2. The van der Waals surface area contributed by atoms with Crippen LogP contribution in [0.4, 0.5) is 4.39 Å². The second-order valence-electron chi connectivity index (χ2n) is 4.16. The van der Waals surface area contributed by atoms with Crippen molar-refractivity contribution in [1.29, 1.82) is 0 Å². The van der Waals surface area contributed by atoms with Gasteiger partial charge in [-0.1, -0.05) is 18.2 Å². The first-order valence-electron chi connectivity index (χ1n) is 6.02. The Morgan fingerprint density at radius 2 is 1.95 bits per heavy atom. The molecule has 2 aromatic rings. The summed E-state index contributed by atoms with van der Waals surface area (Å²) >= 11 is 1.49. The third kappa shape index (κ3) is 3.53. The summed E-state index contributed by atoms with van der Waals surface area (Å²) in [7, 11) is -0.0841. The van der Waals surface area contributed by atoms with Crippen LogP contribution < -0.4 is 10.2 Å². The van der Waals surface area contributed by atoms with Crippen molar-refractivity contribution in [3.05, 3.63) is 53.8 Å². The van der Waals surface area contributed by atoms with Gasteiger partial charge < -0.3 is 14.8 Å². The summed E-state index contributed by atoms with van der Waals surface area (Å²) in [4.78, 5) is 0.942. The van der Waals surface area contributed by atoms with E-state index in [4.69, 9.17) is 4.74 Å². The van der Waals surface area contributed by atoms with Gasteiger partial charge in [0.15, 0.2) is 0 Å². The molecule has 0 aliphatic heterocycles. The highest BCUT2D eigenvalue weighted by atomic mass is 32.2. The summed E-state index contributed by atoms with van der Waals surface area (Å²) in [5, 5.41) is 18.6. The van der Waals surface area contributed by atoms with Crippen LogP contribution in [0.25, 0.3) is 0 Å². The standard InChI is InChI=1S/C14H14BFO3S/c1-19-13-4-2-3-5-14(13)20-9-10-6-7-11(16)8-12(10)15(17)18/h2-8,17-18H,9H2,1H3.